The number of phenolic OH excluding ortho intramolecular Hbond substituents is 1. The Bertz CT molecular complexity index is 2300. The monoisotopic (exact) mass is 1040 g/mol. The number of carboxylic acids is 1. The predicted molar refractivity (Wildman–Crippen MR) is 259 cm³/mol. The first kappa shape index (κ1) is 60.6. The van der Waals surface area contributed by atoms with Gasteiger partial charge in [0.05, 0.1) is 31.1 Å². The number of benzene rings is 1. The van der Waals surface area contributed by atoms with Crippen LogP contribution in [0.5, 0.6) is 5.75 Å². The van der Waals surface area contributed by atoms with Gasteiger partial charge in [-0.3, -0.25) is 47.9 Å². The molecule has 0 saturated carbocycles. The molecule has 1 saturated heterocycles. The van der Waals surface area contributed by atoms with Gasteiger partial charge in [0, 0.05) is 44.1 Å². The van der Waals surface area contributed by atoms with E-state index in [1.54, 1.807) is 0 Å². The van der Waals surface area contributed by atoms with Crippen LogP contribution in [0, 0.1) is 5.92 Å². The van der Waals surface area contributed by atoms with Gasteiger partial charge in [-0.15, -0.1) is 0 Å². The predicted octanol–water partition coefficient (Wildman–Crippen LogP) is -5.33. The van der Waals surface area contributed by atoms with E-state index in [0.29, 0.717) is 11.3 Å². The van der Waals surface area contributed by atoms with Gasteiger partial charge in [-0.25, -0.2) is 9.78 Å². The molecule has 18 N–H and O–H groups in total. The van der Waals surface area contributed by atoms with Crippen molar-refractivity contribution >= 4 is 65.0 Å². The Morgan fingerprint density at radius 1 is 0.716 bits per heavy atom. The quantitative estimate of drug-likeness (QED) is 0.0347. The number of aliphatic hydroxyl groups is 2. The van der Waals surface area contributed by atoms with Crippen LogP contribution in [0.3, 0.4) is 0 Å². The molecule has 0 bridgehead atoms. The molecule has 1 aromatic heterocycles. The molecule has 1 aliphatic rings. The Labute approximate surface area is 425 Å². The van der Waals surface area contributed by atoms with Crippen LogP contribution >= 0.6 is 0 Å². The van der Waals surface area contributed by atoms with Crippen LogP contribution in [0.25, 0.3) is 0 Å². The molecule has 1 aliphatic heterocycles. The Morgan fingerprint density at radius 2 is 1.28 bits per heavy atom. The molecule has 2 heterocycles. The van der Waals surface area contributed by atoms with Crippen LogP contribution in [0.4, 0.5) is 0 Å². The number of nitrogens with zero attached hydrogens (tertiary/aromatic N) is 2. The van der Waals surface area contributed by atoms with Crippen LogP contribution in [-0.2, 0) is 65.6 Å². The van der Waals surface area contributed by atoms with Crippen molar-refractivity contribution in [2.45, 2.75) is 146 Å². The summed E-state index contributed by atoms with van der Waals surface area (Å²) in [5.74, 6) is -10.7. The topological polar surface area (TPSA) is 463 Å². The second kappa shape index (κ2) is 29.1. The van der Waals surface area contributed by atoms with Gasteiger partial charge in [0.2, 0.25) is 59.1 Å². The van der Waals surface area contributed by atoms with E-state index in [-0.39, 0.29) is 63.2 Å². The van der Waals surface area contributed by atoms with Crippen molar-refractivity contribution in [1.29, 1.82) is 0 Å². The molecule has 3 rings (SSSR count). The number of nitrogens with two attached hydrogens (primary N) is 3. The van der Waals surface area contributed by atoms with Crippen LogP contribution < -0.4 is 54.4 Å². The third-order valence-corrected chi connectivity index (χ3v) is 11.7. The minimum Gasteiger partial charge on any atom is -0.508 e. The first-order chi connectivity index (χ1) is 34.8. The third kappa shape index (κ3) is 19.7. The maximum absolute atomic E-state index is 14.4. The standard InChI is InChI=1S/C46H69N13O15/c1-22(2)16-28(47)39(66)53-29(11-13-34(48)63)40(67)51-20-36(65)57-37(23(3)60)44(71)56-32(18-26-19-50-21-52-26)41(68)54-30(12-14-35(49)64)45(72)59-15-5-6-33(59)43(70)55-31(17-25-7-9-27(62)10-8-25)42(69)58-38(24(4)61)46(73)74/h7-10,19,21-24,28-33,37-38,60-62H,5-6,11-18,20,47H2,1-4H3,(H2,48,63)(H2,49,64)(H,50,52)(H,51,67)(H,53,66)(H,54,68)(H,55,70)(H,56,71)(H,57,65)(H,58,69)(H,73,74)/t23-,24-,28+,29+,30+,31+,32+,33+,37+,38+/m1/s1. The van der Waals surface area contributed by atoms with E-state index in [1.165, 1.54) is 36.8 Å². The maximum atomic E-state index is 14.4. The van der Waals surface area contributed by atoms with Gasteiger partial charge in [0.25, 0.3) is 0 Å². The number of aromatic amines is 1. The molecule has 74 heavy (non-hydrogen) atoms. The summed E-state index contributed by atoms with van der Waals surface area (Å²) in [7, 11) is 0. The number of amides is 10. The fourth-order valence-electron chi connectivity index (χ4n) is 7.76. The van der Waals surface area contributed by atoms with Crippen molar-refractivity contribution in [3.8, 4) is 5.75 Å². The summed E-state index contributed by atoms with van der Waals surface area (Å²) in [5, 5.41) is 56.8. The van der Waals surface area contributed by atoms with Crippen molar-refractivity contribution in [3.63, 3.8) is 0 Å². The van der Waals surface area contributed by atoms with Crippen molar-refractivity contribution in [2.24, 2.45) is 23.1 Å². The number of aromatic hydroxyl groups is 1. The fourth-order valence-corrected chi connectivity index (χ4v) is 7.76. The van der Waals surface area contributed by atoms with E-state index in [1.807, 2.05) is 13.8 Å². The summed E-state index contributed by atoms with van der Waals surface area (Å²) in [6.45, 7) is 5.11. The van der Waals surface area contributed by atoms with Gasteiger partial charge in [0.1, 0.15) is 42.0 Å². The third-order valence-electron chi connectivity index (χ3n) is 11.7. The minimum atomic E-state index is -1.77. The van der Waals surface area contributed by atoms with E-state index >= 15 is 0 Å². The highest BCUT2D eigenvalue weighted by Gasteiger charge is 2.41. The zero-order valence-corrected chi connectivity index (χ0v) is 41.5. The summed E-state index contributed by atoms with van der Waals surface area (Å²) in [5.41, 5.74) is 17.3. The molecule has 1 fully saturated rings. The second-order valence-electron chi connectivity index (χ2n) is 18.4. The SMILES string of the molecule is CC(C)C[C@H](N)C(=O)N[C@@H](CCC(N)=O)C(=O)NCC(=O)N[C@H](C(=O)N[C@@H](Cc1cnc[nH]1)C(=O)N[C@@H](CCC(N)=O)C(=O)N1CCC[C@H]1C(=O)N[C@@H](Cc1ccc(O)cc1)C(=O)N[C@H](C(=O)O)[C@@H](C)O)[C@@H](C)O. The smallest absolute Gasteiger partial charge is 0.328 e. The summed E-state index contributed by atoms with van der Waals surface area (Å²) < 4.78 is 0. The molecule has 10 amide bonds. The summed E-state index contributed by atoms with van der Waals surface area (Å²) in [6, 6.07) is -6.20. The normalized spacial score (nSPS) is 16.9. The lowest BCUT2D eigenvalue weighted by Crippen LogP contribution is -2.61. The van der Waals surface area contributed by atoms with Gasteiger partial charge in [-0.2, -0.15) is 0 Å². The molecule has 2 aromatic rings. The number of likely N-dealkylation sites (tertiary alicyclic amines) is 1. The van der Waals surface area contributed by atoms with Crippen LogP contribution in [0.15, 0.2) is 36.8 Å². The Hall–Kier alpha value is -7.72. The van der Waals surface area contributed by atoms with E-state index < -0.39 is 145 Å². The van der Waals surface area contributed by atoms with Crippen molar-refractivity contribution in [3.05, 3.63) is 48.0 Å². The summed E-state index contributed by atoms with van der Waals surface area (Å²) in [6.07, 6.45) is -1.90. The molecule has 0 radical (unpaired) electrons. The van der Waals surface area contributed by atoms with Gasteiger partial charge < -0.3 is 84.7 Å². The fraction of sp³-hybridized carbons (Fsp3) is 0.565. The molecule has 28 nitrogen and oxygen atoms in total. The number of aliphatic carboxylic acids is 1. The molecular weight excluding hydrogens is 975 g/mol. The highest BCUT2D eigenvalue weighted by atomic mass is 16.4. The highest BCUT2D eigenvalue weighted by molar-refractivity contribution is 5.98. The first-order valence-corrected chi connectivity index (χ1v) is 23.8. The van der Waals surface area contributed by atoms with Gasteiger partial charge >= 0.3 is 5.97 Å². The summed E-state index contributed by atoms with van der Waals surface area (Å²) >= 11 is 0. The van der Waals surface area contributed by atoms with Crippen LogP contribution in [0.2, 0.25) is 0 Å². The van der Waals surface area contributed by atoms with Gasteiger partial charge in [-0.1, -0.05) is 26.0 Å². The van der Waals surface area contributed by atoms with E-state index in [4.69, 9.17) is 17.2 Å². The maximum Gasteiger partial charge on any atom is 0.328 e. The van der Waals surface area contributed by atoms with Gasteiger partial charge in [-0.05, 0) is 69.6 Å². The number of hydrogen-bond acceptors (Lipinski definition) is 16. The van der Waals surface area contributed by atoms with Crippen molar-refractivity contribution < 1.29 is 73.2 Å². The lowest BCUT2D eigenvalue weighted by atomic mass is 10.0. The Balaban J connectivity index is 1.83. The number of aliphatic hydroxyl groups excluding tert-OH is 2. The Kier molecular flexibility index (Phi) is 23.8. The van der Waals surface area contributed by atoms with Crippen LogP contribution in [-0.4, -0.2) is 174 Å². The lowest BCUT2D eigenvalue weighted by molar-refractivity contribution is -0.145. The zero-order valence-electron chi connectivity index (χ0n) is 41.5. The molecule has 10 atom stereocenters. The number of imidazole rings is 1. The molecule has 408 valence electrons. The second-order valence-corrected chi connectivity index (χ2v) is 18.4. The number of aromatic nitrogens is 2. The molecule has 1 aromatic carbocycles. The van der Waals surface area contributed by atoms with Crippen molar-refractivity contribution in [1.82, 2.24) is 52.1 Å². The molecule has 0 aliphatic carbocycles. The number of rotatable bonds is 30. The highest BCUT2D eigenvalue weighted by Crippen LogP contribution is 2.21. The number of H-pyrrole nitrogens is 1. The number of nitrogens with one attached hydrogen (secondary N) is 8. The average molecular weight is 1040 g/mol. The zero-order chi connectivity index (χ0) is 55.4. The molecule has 0 unspecified atom stereocenters. The number of carbonyl (C=O) groups excluding carboxylic acids is 10. The largest absolute Gasteiger partial charge is 0.508 e. The number of carbonyl (C=O) groups is 11. The molecule has 0 spiro atoms. The summed E-state index contributed by atoms with van der Waals surface area (Å²) in [4.78, 5) is 152. The number of primary amides is 2. The first-order valence-electron chi connectivity index (χ1n) is 23.8. The van der Waals surface area contributed by atoms with E-state index in [0.717, 1.165) is 18.7 Å². The minimum absolute atomic E-state index is 0.0358. The number of hydrogen-bond donors (Lipinski definition) is 15. The molecular formula is C46H69N13O15. The number of carboxylic acid groups (broad SMARTS) is 1. The molecule has 28 heteroatoms. The average Bonchev–Trinajstić information content (AvgIpc) is 4.04. The lowest BCUT2D eigenvalue weighted by Gasteiger charge is -2.31. The van der Waals surface area contributed by atoms with E-state index in [9.17, 15) is 73.2 Å². The Morgan fingerprint density at radius 3 is 1.84 bits per heavy atom. The number of phenols is 1. The van der Waals surface area contributed by atoms with E-state index in [2.05, 4.69) is 47.2 Å². The van der Waals surface area contributed by atoms with Crippen molar-refractivity contribution in [2.75, 3.05) is 13.1 Å². The van der Waals surface area contributed by atoms with Crippen LogP contribution in [0.1, 0.15) is 83.9 Å². The van der Waals surface area contributed by atoms with Gasteiger partial charge in [0.15, 0.2) is 6.04 Å².